The molecule has 2 aromatic rings. The molecule has 0 aliphatic carbocycles. The number of benzene rings is 2. The molecule has 0 spiro atoms. The molecule has 2 N–H and O–H groups in total. The number of likely N-dealkylation sites (N-methyl/N-ethyl adjacent to an activating group) is 1. The van der Waals surface area contributed by atoms with Crippen LogP contribution in [-0.2, 0) is 16.1 Å². The fourth-order valence-corrected chi connectivity index (χ4v) is 2.86. The number of rotatable bonds is 9. The summed E-state index contributed by atoms with van der Waals surface area (Å²) in [4.78, 5) is 26.5. The number of carbonyl (C=O) groups excluding carboxylic acids is 2. The standard InChI is InChI=1S/C22H29N3O3/c1-5-25(14-18-9-7-6-8-17(18)3)15-22(27)23-13-21(26)24-19-12-16(2)10-11-20(19)28-4/h6-12H,5,13-15H2,1-4H3,(H,23,27)(H,24,26). The SMILES string of the molecule is CCN(CC(=O)NCC(=O)Nc1cc(C)ccc1OC)Cc1ccccc1C. The van der Waals surface area contributed by atoms with Crippen molar-refractivity contribution in [2.45, 2.75) is 27.3 Å². The van der Waals surface area contributed by atoms with E-state index in [4.69, 9.17) is 4.74 Å². The van der Waals surface area contributed by atoms with E-state index in [2.05, 4.69) is 29.7 Å². The first-order chi connectivity index (χ1) is 13.4. The van der Waals surface area contributed by atoms with Crippen LogP contribution < -0.4 is 15.4 Å². The maximum absolute atomic E-state index is 12.3. The van der Waals surface area contributed by atoms with E-state index in [-0.39, 0.29) is 24.9 Å². The molecule has 0 aliphatic rings. The summed E-state index contributed by atoms with van der Waals surface area (Å²) in [6.45, 7) is 7.61. The number of ether oxygens (including phenoxy) is 1. The van der Waals surface area contributed by atoms with Gasteiger partial charge in [0.1, 0.15) is 5.75 Å². The van der Waals surface area contributed by atoms with Gasteiger partial charge in [-0.1, -0.05) is 37.3 Å². The Morgan fingerprint density at radius 2 is 1.82 bits per heavy atom. The van der Waals surface area contributed by atoms with E-state index in [9.17, 15) is 9.59 Å². The number of aryl methyl sites for hydroxylation is 2. The van der Waals surface area contributed by atoms with Crippen molar-refractivity contribution >= 4 is 17.5 Å². The lowest BCUT2D eigenvalue weighted by atomic mass is 10.1. The fraction of sp³-hybridized carbons (Fsp3) is 0.364. The van der Waals surface area contributed by atoms with E-state index in [1.54, 1.807) is 13.2 Å². The molecule has 0 atom stereocenters. The molecule has 2 rings (SSSR count). The van der Waals surface area contributed by atoms with Crippen LogP contribution in [0.5, 0.6) is 5.75 Å². The Labute approximate surface area is 166 Å². The monoisotopic (exact) mass is 383 g/mol. The third-order valence-electron chi connectivity index (χ3n) is 4.54. The molecule has 0 fully saturated rings. The van der Waals surface area contributed by atoms with E-state index in [1.165, 1.54) is 11.1 Å². The Morgan fingerprint density at radius 3 is 2.50 bits per heavy atom. The van der Waals surface area contributed by atoms with Crippen LogP contribution in [0.3, 0.4) is 0 Å². The molecule has 0 aromatic heterocycles. The summed E-state index contributed by atoms with van der Waals surface area (Å²) in [6, 6.07) is 13.7. The van der Waals surface area contributed by atoms with Gasteiger partial charge in [-0.2, -0.15) is 0 Å². The quantitative estimate of drug-likeness (QED) is 0.699. The van der Waals surface area contributed by atoms with Crippen LogP contribution in [0.2, 0.25) is 0 Å². The summed E-state index contributed by atoms with van der Waals surface area (Å²) in [7, 11) is 1.55. The number of methoxy groups -OCH3 is 1. The van der Waals surface area contributed by atoms with E-state index < -0.39 is 0 Å². The van der Waals surface area contributed by atoms with Gasteiger partial charge >= 0.3 is 0 Å². The highest BCUT2D eigenvalue weighted by molar-refractivity contribution is 5.96. The van der Waals surface area contributed by atoms with Crippen molar-refractivity contribution in [1.82, 2.24) is 10.2 Å². The average molecular weight is 383 g/mol. The Hall–Kier alpha value is -2.86. The molecule has 0 radical (unpaired) electrons. The zero-order valence-corrected chi connectivity index (χ0v) is 17.0. The van der Waals surface area contributed by atoms with E-state index in [0.717, 1.165) is 12.1 Å². The van der Waals surface area contributed by atoms with E-state index in [1.807, 2.05) is 43.0 Å². The van der Waals surface area contributed by atoms with Gasteiger partial charge < -0.3 is 15.4 Å². The molecule has 0 saturated heterocycles. The lowest BCUT2D eigenvalue weighted by Gasteiger charge is -2.21. The average Bonchev–Trinajstić information content (AvgIpc) is 2.67. The van der Waals surface area contributed by atoms with Crippen molar-refractivity contribution in [2.24, 2.45) is 0 Å². The summed E-state index contributed by atoms with van der Waals surface area (Å²) in [6.07, 6.45) is 0. The lowest BCUT2D eigenvalue weighted by Crippen LogP contribution is -2.40. The van der Waals surface area contributed by atoms with Gasteiger partial charge in [0.2, 0.25) is 11.8 Å². The van der Waals surface area contributed by atoms with Crippen molar-refractivity contribution in [1.29, 1.82) is 0 Å². The predicted octanol–water partition coefficient (Wildman–Crippen LogP) is 2.89. The van der Waals surface area contributed by atoms with Gasteiger partial charge in [0.05, 0.1) is 25.9 Å². The maximum atomic E-state index is 12.3. The van der Waals surface area contributed by atoms with Gasteiger partial charge in [-0.05, 0) is 49.2 Å². The first-order valence-corrected chi connectivity index (χ1v) is 9.41. The molecule has 0 unspecified atom stereocenters. The first kappa shape index (κ1) is 21.4. The topological polar surface area (TPSA) is 70.7 Å². The van der Waals surface area contributed by atoms with Crippen LogP contribution in [-0.4, -0.2) is 43.5 Å². The summed E-state index contributed by atoms with van der Waals surface area (Å²) in [5.74, 6) is 0.113. The van der Waals surface area contributed by atoms with Gasteiger partial charge in [-0.25, -0.2) is 0 Å². The minimum atomic E-state index is -0.292. The van der Waals surface area contributed by atoms with Crippen LogP contribution in [0.15, 0.2) is 42.5 Å². The van der Waals surface area contributed by atoms with Crippen molar-refractivity contribution in [3.8, 4) is 5.75 Å². The van der Waals surface area contributed by atoms with Crippen molar-refractivity contribution in [3.63, 3.8) is 0 Å². The van der Waals surface area contributed by atoms with E-state index in [0.29, 0.717) is 18.0 Å². The smallest absolute Gasteiger partial charge is 0.243 e. The second-order valence-electron chi connectivity index (χ2n) is 6.76. The fourth-order valence-electron chi connectivity index (χ4n) is 2.86. The van der Waals surface area contributed by atoms with Gasteiger partial charge in [-0.15, -0.1) is 0 Å². The summed E-state index contributed by atoms with van der Waals surface area (Å²) >= 11 is 0. The highest BCUT2D eigenvalue weighted by Gasteiger charge is 2.13. The number of amides is 2. The summed E-state index contributed by atoms with van der Waals surface area (Å²) < 4.78 is 5.25. The molecule has 2 aromatic carbocycles. The third-order valence-corrected chi connectivity index (χ3v) is 4.54. The molecule has 0 aliphatic heterocycles. The van der Waals surface area contributed by atoms with Gasteiger partial charge in [-0.3, -0.25) is 14.5 Å². The Bertz CT molecular complexity index is 820. The molecular formula is C22H29N3O3. The Balaban J connectivity index is 1.85. The largest absolute Gasteiger partial charge is 0.495 e. The van der Waals surface area contributed by atoms with Crippen molar-refractivity contribution in [2.75, 3.05) is 32.1 Å². The van der Waals surface area contributed by atoms with Crippen LogP contribution >= 0.6 is 0 Å². The summed E-state index contributed by atoms with van der Waals surface area (Å²) in [5.41, 5.74) is 4.00. The summed E-state index contributed by atoms with van der Waals surface area (Å²) in [5, 5.41) is 5.47. The number of anilines is 1. The van der Waals surface area contributed by atoms with Crippen molar-refractivity contribution < 1.29 is 14.3 Å². The minimum absolute atomic E-state index is 0.0855. The number of nitrogens with zero attached hydrogens (tertiary/aromatic N) is 1. The number of nitrogens with one attached hydrogen (secondary N) is 2. The third kappa shape index (κ3) is 6.39. The highest BCUT2D eigenvalue weighted by atomic mass is 16.5. The molecule has 0 saturated carbocycles. The van der Waals surface area contributed by atoms with E-state index >= 15 is 0 Å². The Morgan fingerprint density at radius 1 is 1.07 bits per heavy atom. The maximum Gasteiger partial charge on any atom is 0.243 e. The number of hydrogen-bond acceptors (Lipinski definition) is 4. The zero-order chi connectivity index (χ0) is 20.5. The van der Waals surface area contributed by atoms with Crippen LogP contribution in [0.4, 0.5) is 5.69 Å². The molecule has 28 heavy (non-hydrogen) atoms. The first-order valence-electron chi connectivity index (χ1n) is 9.41. The van der Waals surface area contributed by atoms with Gasteiger partial charge in [0.25, 0.3) is 0 Å². The number of carbonyl (C=O) groups is 2. The van der Waals surface area contributed by atoms with Crippen molar-refractivity contribution in [3.05, 3.63) is 59.2 Å². The molecule has 6 nitrogen and oxygen atoms in total. The molecule has 2 amide bonds. The normalized spacial score (nSPS) is 10.6. The van der Waals surface area contributed by atoms with Crippen LogP contribution in [0, 0.1) is 13.8 Å². The number of hydrogen-bond donors (Lipinski definition) is 2. The molecule has 0 heterocycles. The minimum Gasteiger partial charge on any atom is -0.495 e. The van der Waals surface area contributed by atoms with Crippen LogP contribution in [0.25, 0.3) is 0 Å². The van der Waals surface area contributed by atoms with Crippen LogP contribution in [0.1, 0.15) is 23.6 Å². The molecular weight excluding hydrogens is 354 g/mol. The second kappa shape index (κ2) is 10.5. The van der Waals surface area contributed by atoms with Gasteiger partial charge in [0.15, 0.2) is 0 Å². The Kier molecular flexibility index (Phi) is 8.02. The molecule has 0 bridgehead atoms. The van der Waals surface area contributed by atoms with Gasteiger partial charge in [0, 0.05) is 6.54 Å². The highest BCUT2D eigenvalue weighted by Crippen LogP contribution is 2.24. The predicted molar refractivity (Wildman–Crippen MR) is 112 cm³/mol. The molecule has 6 heteroatoms. The lowest BCUT2D eigenvalue weighted by molar-refractivity contribution is -0.125. The zero-order valence-electron chi connectivity index (χ0n) is 17.0. The second-order valence-corrected chi connectivity index (χ2v) is 6.76. The molecule has 150 valence electrons.